The molecule has 1 unspecified atom stereocenters. The second-order valence-electron chi connectivity index (χ2n) is 6.79. The summed E-state index contributed by atoms with van der Waals surface area (Å²) in [7, 11) is -3.62. The molecule has 0 bridgehead atoms. The molecule has 0 aliphatic carbocycles. The van der Waals surface area contributed by atoms with E-state index in [0.29, 0.717) is 21.6 Å². The molecular weight excluding hydrogens is 423 g/mol. The van der Waals surface area contributed by atoms with E-state index in [1.54, 1.807) is 12.1 Å². The molecule has 4 rings (SSSR count). The zero-order valence-corrected chi connectivity index (χ0v) is 16.2. The van der Waals surface area contributed by atoms with E-state index in [-0.39, 0.29) is 16.9 Å². The van der Waals surface area contributed by atoms with Crippen LogP contribution in [0.1, 0.15) is 11.6 Å². The Hall–Kier alpha value is -3.28. The number of hydrogen-bond donors (Lipinski definition) is 1. The van der Waals surface area contributed by atoms with Crippen LogP contribution >= 0.6 is 0 Å². The highest BCUT2D eigenvalue weighted by atomic mass is 32.2. The number of azo groups is 1. The molecule has 1 atom stereocenters. The molecule has 8 nitrogen and oxygen atoms in total. The van der Waals surface area contributed by atoms with Crippen LogP contribution in [0.2, 0.25) is 0 Å². The Morgan fingerprint density at radius 3 is 2.70 bits per heavy atom. The van der Waals surface area contributed by atoms with Crippen molar-refractivity contribution in [2.45, 2.75) is 12.2 Å². The summed E-state index contributed by atoms with van der Waals surface area (Å²) < 4.78 is 65.2. The molecular formula is C18H14F3N5O3S. The first-order valence-corrected chi connectivity index (χ1v) is 10.5. The maximum absolute atomic E-state index is 13.2. The Morgan fingerprint density at radius 1 is 1.23 bits per heavy atom. The number of pyridine rings is 1. The van der Waals surface area contributed by atoms with Gasteiger partial charge in [-0.15, -0.1) is 0 Å². The van der Waals surface area contributed by atoms with Gasteiger partial charge in [0.2, 0.25) is 10.0 Å². The summed E-state index contributed by atoms with van der Waals surface area (Å²) in [5.74, 6) is -0.823. The predicted octanol–water partition coefficient (Wildman–Crippen LogP) is 3.42. The molecule has 156 valence electrons. The van der Waals surface area contributed by atoms with E-state index in [2.05, 4.69) is 19.9 Å². The molecule has 1 N–H and O–H groups in total. The van der Waals surface area contributed by atoms with Crippen molar-refractivity contribution in [2.75, 3.05) is 22.4 Å². The van der Waals surface area contributed by atoms with E-state index in [1.165, 1.54) is 30.7 Å². The average Bonchev–Trinajstić information content (AvgIpc) is 3.13. The predicted molar refractivity (Wildman–Crippen MR) is 102 cm³/mol. The van der Waals surface area contributed by atoms with Crippen molar-refractivity contribution >= 4 is 27.3 Å². The fourth-order valence-electron chi connectivity index (χ4n) is 3.40. The van der Waals surface area contributed by atoms with Gasteiger partial charge in [-0.05, 0) is 17.7 Å². The summed E-state index contributed by atoms with van der Waals surface area (Å²) in [5.41, 5.74) is 1.48. The van der Waals surface area contributed by atoms with Gasteiger partial charge >= 0.3 is 6.18 Å². The van der Waals surface area contributed by atoms with Gasteiger partial charge in [0.05, 0.1) is 35.6 Å². The highest BCUT2D eigenvalue weighted by Gasteiger charge is 2.43. The van der Waals surface area contributed by atoms with Crippen LogP contribution in [0.4, 0.5) is 24.5 Å². The molecule has 1 aromatic heterocycles. The quantitative estimate of drug-likeness (QED) is 0.791. The van der Waals surface area contributed by atoms with Crippen molar-refractivity contribution in [3.8, 4) is 11.1 Å². The topological polar surface area (TPSA) is 104 Å². The fourth-order valence-corrected chi connectivity index (χ4v) is 3.96. The molecule has 0 radical (unpaired) electrons. The smallest absolute Gasteiger partial charge is 0.299 e. The first kappa shape index (κ1) is 20.0. The number of carbonyl (C=O) groups excluding carboxylic acids is 1. The van der Waals surface area contributed by atoms with Gasteiger partial charge in [-0.3, -0.25) is 19.4 Å². The average molecular weight is 437 g/mol. The molecule has 12 heteroatoms. The van der Waals surface area contributed by atoms with E-state index in [4.69, 9.17) is 0 Å². The van der Waals surface area contributed by atoms with Gasteiger partial charge in [-0.1, -0.05) is 12.1 Å². The number of nitrogens with zero attached hydrogens (tertiary/aromatic N) is 4. The largest absolute Gasteiger partial charge is 0.406 e. The van der Waals surface area contributed by atoms with Crippen LogP contribution in [0.15, 0.2) is 58.7 Å². The maximum Gasteiger partial charge on any atom is 0.406 e. The lowest BCUT2D eigenvalue weighted by molar-refractivity contribution is -0.130. The molecule has 0 spiro atoms. The van der Waals surface area contributed by atoms with E-state index < -0.39 is 34.7 Å². The third-order valence-electron chi connectivity index (χ3n) is 4.55. The lowest BCUT2D eigenvalue weighted by Gasteiger charge is -2.33. The first-order chi connectivity index (χ1) is 14.0. The molecule has 1 amide bonds. The Morgan fingerprint density at radius 2 is 2.00 bits per heavy atom. The van der Waals surface area contributed by atoms with Gasteiger partial charge in [0.25, 0.3) is 5.91 Å². The summed E-state index contributed by atoms with van der Waals surface area (Å²) in [6.07, 6.45) is 0.236. The van der Waals surface area contributed by atoms with Crippen LogP contribution in [-0.2, 0) is 14.8 Å². The van der Waals surface area contributed by atoms with Gasteiger partial charge < -0.3 is 0 Å². The second-order valence-corrected chi connectivity index (χ2v) is 8.54. The Bertz CT molecular complexity index is 1210. The summed E-state index contributed by atoms with van der Waals surface area (Å²) in [6, 6.07) is 5.35. The van der Waals surface area contributed by atoms with Gasteiger partial charge in [0.1, 0.15) is 12.6 Å². The third kappa shape index (κ3) is 3.77. The maximum atomic E-state index is 13.2. The van der Waals surface area contributed by atoms with Crippen LogP contribution in [-0.4, -0.2) is 38.3 Å². The number of sulfonamides is 1. The fraction of sp³-hybridized carbons (Fsp3) is 0.222. The summed E-state index contributed by atoms with van der Waals surface area (Å²) in [5, 5.41) is 7.64. The Kier molecular flexibility index (Phi) is 4.60. The van der Waals surface area contributed by atoms with Crippen LogP contribution in [0.25, 0.3) is 11.1 Å². The number of alkyl halides is 3. The van der Waals surface area contributed by atoms with Crippen molar-refractivity contribution in [2.24, 2.45) is 10.2 Å². The standard InChI is InChI=1S/C18H14F3N5O3S/c1-30(28,29)25-14-8-22-5-4-11(14)10-2-3-12-15(6-10)26(9-18(19,20)21)17(27)13-7-23-24-16(12)13/h2-8,16,25H,9H2,1H3. The van der Waals surface area contributed by atoms with Crippen molar-refractivity contribution in [1.29, 1.82) is 0 Å². The number of hydrogen-bond acceptors (Lipinski definition) is 6. The number of benzene rings is 1. The molecule has 2 aliphatic heterocycles. The summed E-state index contributed by atoms with van der Waals surface area (Å²) in [6.45, 7) is -1.48. The third-order valence-corrected chi connectivity index (χ3v) is 5.14. The zero-order valence-electron chi connectivity index (χ0n) is 15.4. The van der Waals surface area contributed by atoms with Gasteiger partial charge in [0.15, 0.2) is 0 Å². The van der Waals surface area contributed by atoms with Crippen molar-refractivity contribution < 1.29 is 26.4 Å². The number of anilines is 2. The molecule has 2 aliphatic rings. The van der Waals surface area contributed by atoms with E-state index in [1.807, 2.05) is 0 Å². The summed E-state index contributed by atoms with van der Waals surface area (Å²) in [4.78, 5) is 17.2. The minimum atomic E-state index is -4.62. The number of carbonyl (C=O) groups is 1. The number of nitrogens with one attached hydrogen (secondary N) is 1. The van der Waals surface area contributed by atoms with E-state index in [9.17, 15) is 26.4 Å². The molecule has 0 saturated carbocycles. The Labute approximate surface area is 169 Å². The minimum absolute atomic E-state index is 0.0416. The lowest BCUT2D eigenvalue weighted by Crippen LogP contribution is -2.43. The van der Waals surface area contributed by atoms with Crippen molar-refractivity contribution in [3.63, 3.8) is 0 Å². The SMILES string of the molecule is CS(=O)(=O)Nc1cnccc1-c1ccc2c(c1)N(CC(F)(F)F)C(=O)C1=CN=NC12. The molecule has 30 heavy (non-hydrogen) atoms. The van der Waals surface area contributed by atoms with Crippen molar-refractivity contribution in [1.82, 2.24) is 4.98 Å². The molecule has 2 aromatic rings. The van der Waals surface area contributed by atoms with Crippen LogP contribution < -0.4 is 9.62 Å². The van der Waals surface area contributed by atoms with E-state index in [0.717, 1.165) is 6.26 Å². The normalized spacial score (nSPS) is 18.1. The van der Waals surface area contributed by atoms with E-state index >= 15 is 0 Å². The zero-order chi connectivity index (χ0) is 21.7. The molecule has 0 fully saturated rings. The number of aromatic nitrogens is 1. The molecule has 1 aromatic carbocycles. The van der Waals surface area contributed by atoms with Gasteiger partial charge in [-0.25, -0.2) is 8.42 Å². The van der Waals surface area contributed by atoms with Gasteiger partial charge in [0, 0.05) is 17.3 Å². The second kappa shape index (κ2) is 6.90. The molecule has 0 saturated heterocycles. The van der Waals surface area contributed by atoms with Crippen LogP contribution in [0.5, 0.6) is 0 Å². The number of fused-ring (bicyclic) bond motifs is 3. The van der Waals surface area contributed by atoms with Crippen LogP contribution in [0.3, 0.4) is 0 Å². The van der Waals surface area contributed by atoms with Gasteiger partial charge in [-0.2, -0.15) is 23.4 Å². The highest BCUT2D eigenvalue weighted by molar-refractivity contribution is 7.92. The summed E-state index contributed by atoms with van der Waals surface area (Å²) >= 11 is 0. The number of rotatable bonds is 4. The first-order valence-electron chi connectivity index (χ1n) is 8.58. The molecule has 3 heterocycles. The number of halogens is 3. The number of amides is 1. The minimum Gasteiger partial charge on any atom is -0.299 e. The van der Waals surface area contributed by atoms with Crippen molar-refractivity contribution in [3.05, 3.63) is 54.0 Å². The van der Waals surface area contributed by atoms with Crippen LogP contribution in [0, 0.1) is 0 Å². The lowest BCUT2D eigenvalue weighted by atomic mass is 9.90. The monoisotopic (exact) mass is 437 g/mol. The highest BCUT2D eigenvalue weighted by Crippen LogP contribution is 2.45. The Balaban J connectivity index is 1.86.